The van der Waals surface area contributed by atoms with Gasteiger partial charge in [0.1, 0.15) is 0 Å². The molecular weight excluding hydrogens is 1030 g/mol. The average Bonchev–Trinajstić information content (AvgIpc) is 3.53. The molecule has 2 atom stereocenters. The number of allylic oxidation sites excluding steroid dienone is 3. The van der Waals surface area contributed by atoms with Gasteiger partial charge >= 0.3 is 5.97 Å². The topological polar surface area (TPSA) is 95.9 Å². The van der Waals surface area contributed by atoms with Gasteiger partial charge in [-0.3, -0.25) is 9.59 Å². The number of esters is 1. The number of carbonyl (C=O) groups excluding carboxylic acids is 2. The Morgan fingerprint density at radius 1 is 0.321 bits per heavy atom. The molecule has 498 valence electrons. The molecule has 0 fully saturated rings. The number of aliphatic hydroxyl groups is 2. The van der Waals surface area contributed by atoms with E-state index in [-0.39, 0.29) is 18.5 Å². The second kappa shape index (κ2) is 73.8. The SMILES string of the molecule is CCCCCC/C=C\CCCCCCCC(=O)OCCCCCCCCCCCCCCCCCCCCCCCCCCCCCCCCCCCCCCCCCC(=O)NC(CO)C(O)/C=C/CCCCCCCCCCCCCCC. The van der Waals surface area contributed by atoms with E-state index in [4.69, 9.17) is 4.74 Å². The monoisotopic (exact) mass is 1180 g/mol. The van der Waals surface area contributed by atoms with E-state index in [1.54, 1.807) is 6.08 Å². The van der Waals surface area contributed by atoms with Gasteiger partial charge < -0.3 is 20.3 Å². The summed E-state index contributed by atoms with van der Waals surface area (Å²) in [5.41, 5.74) is 0. The van der Waals surface area contributed by atoms with Gasteiger partial charge in [-0.25, -0.2) is 0 Å². The summed E-state index contributed by atoms with van der Waals surface area (Å²) in [6, 6.07) is -0.622. The predicted molar refractivity (Wildman–Crippen MR) is 370 cm³/mol. The quantitative estimate of drug-likeness (QED) is 0.0320. The Balaban J connectivity index is 3.30. The second-order valence-electron chi connectivity index (χ2n) is 26.7. The molecule has 0 aromatic rings. The van der Waals surface area contributed by atoms with E-state index in [9.17, 15) is 19.8 Å². The minimum atomic E-state index is -0.839. The molecule has 0 spiro atoms. The lowest BCUT2D eigenvalue weighted by atomic mass is 10.0. The number of hydrogen-bond donors (Lipinski definition) is 3. The molecule has 84 heavy (non-hydrogen) atoms. The number of ether oxygens (including phenoxy) is 1. The van der Waals surface area contributed by atoms with Crippen LogP contribution in [0.4, 0.5) is 0 Å². The Hall–Kier alpha value is -1.66. The minimum absolute atomic E-state index is 0.0152. The first-order valence-electron chi connectivity index (χ1n) is 38.6. The third-order valence-electron chi connectivity index (χ3n) is 18.2. The minimum Gasteiger partial charge on any atom is -0.466 e. The van der Waals surface area contributed by atoms with Gasteiger partial charge in [-0.05, 0) is 57.8 Å². The summed E-state index contributed by atoms with van der Waals surface area (Å²) >= 11 is 0. The van der Waals surface area contributed by atoms with Crippen molar-refractivity contribution in [3.05, 3.63) is 24.3 Å². The molecule has 0 bridgehead atoms. The van der Waals surface area contributed by atoms with Gasteiger partial charge in [-0.2, -0.15) is 0 Å². The summed E-state index contributed by atoms with van der Waals surface area (Å²) in [5, 5.41) is 23.2. The van der Waals surface area contributed by atoms with Crippen LogP contribution in [0.1, 0.15) is 438 Å². The zero-order valence-corrected chi connectivity index (χ0v) is 57.2. The number of nitrogens with one attached hydrogen (secondary N) is 1. The highest BCUT2D eigenvalue weighted by atomic mass is 16.5. The van der Waals surface area contributed by atoms with Gasteiger partial charge in [0.25, 0.3) is 0 Å². The molecule has 0 heterocycles. The summed E-state index contributed by atoms with van der Waals surface area (Å²) in [6.07, 6.45) is 94.5. The van der Waals surface area contributed by atoms with Crippen molar-refractivity contribution in [2.45, 2.75) is 450 Å². The summed E-state index contributed by atoms with van der Waals surface area (Å²) in [6.45, 7) is 4.93. The van der Waals surface area contributed by atoms with Gasteiger partial charge in [-0.1, -0.05) is 391 Å². The molecule has 0 aliphatic carbocycles. The van der Waals surface area contributed by atoms with E-state index in [1.807, 2.05) is 6.08 Å². The summed E-state index contributed by atoms with van der Waals surface area (Å²) in [4.78, 5) is 24.5. The van der Waals surface area contributed by atoms with Crippen LogP contribution in [0.2, 0.25) is 0 Å². The van der Waals surface area contributed by atoms with Crippen LogP contribution in [-0.2, 0) is 14.3 Å². The highest BCUT2D eigenvalue weighted by Gasteiger charge is 2.18. The van der Waals surface area contributed by atoms with E-state index in [1.165, 1.54) is 366 Å². The first-order valence-corrected chi connectivity index (χ1v) is 38.6. The van der Waals surface area contributed by atoms with Gasteiger partial charge in [0.05, 0.1) is 25.4 Å². The highest BCUT2D eigenvalue weighted by Crippen LogP contribution is 2.20. The van der Waals surface area contributed by atoms with E-state index >= 15 is 0 Å². The van der Waals surface area contributed by atoms with Crippen LogP contribution in [0.15, 0.2) is 24.3 Å². The summed E-state index contributed by atoms with van der Waals surface area (Å²) in [5.74, 6) is -0.0437. The third-order valence-corrected chi connectivity index (χ3v) is 18.2. The maximum Gasteiger partial charge on any atom is 0.305 e. The van der Waals surface area contributed by atoms with Crippen LogP contribution in [0.5, 0.6) is 0 Å². The maximum atomic E-state index is 12.5. The number of rotatable bonds is 73. The molecule has 0 saturated carbocycles. The Morgan fingerprint density at radius 3 is 0.857 bits per heavy atom. The molecule has 0 saturated heterocycles. The summed E-state index contributed by atoms with van der Waals surface area (Å²) < 4.78 is 5.49. The van der Waals surface area contributed by atoms with E-state index in [0.29, 0.717) is 19.4 Å². The maximum absolute atomic E-state index is 12.5. The highest BCUT2D eigenvalue weighted by molar-refractivity contribution is 5.76. The van der Waals surface area contributed by atoms with Gasteiger partial charge in [0, 0.05) is 12.8 Å². The van der Waals surface area contributed by atoms with Crippen molar-refractivity contribution in [2.75, 3.05) is 13.2 Å². The van der Waals surface area contributed by atoms with Crippen LogP contribution in [0, 0.1) is 0 Å². The van der Waals surface area contributed by atoms with Crippen molar-refractivity contribution in [3.63, 3.8) is 0 Å². The fourth-order valence-corrected chi connectivity index (χ4v) is 12.3. The molecule has 0 aliphatic rings. The normalized spacial score (nSPS) is 12.6. The van der Waals surface area contributed by atoms with Crippen LogP contribution < -0.4 is 5.32 Å². The second-order valence-corrected chi connectivity index (χ2v) is 26.7. The van der Waals surface area contributed by atoms with Crippen molar-refractivity contribution in [3.8, 4) is 0 Å². The number of carbonyl (C=O) groups is 2. The largest absolute Gasteiger partial charge is 0.466 e. The zero-order chi connectivity index (χ0) is 60.6. The van der Waals surface area contributed by atoms with Gasteiger partial charge in [0.15, 0.2) is 0 Å². The molecule has 6 heteroatoms. The van der Waals surface area contributed by atoms with Crippen molar-refractivity contribution in [2.24, 2.45) is 0 Å². The Bertz CT molecular complexity index is 1320. The zero-order valence-electron chi connectivity index (χ0n) is 57.2. The van der Waals surface area contributed by atoms with Gasteiger partial charge in [0.2, 0.25) is 5.91 Å². The molecule has 2 unspecified atom stereocenters. The Morgan fingerprint density at radius 2 is 0.560 bits per heavy atom. The molecule has 1 amide bonds. The molecule has 0 aromatic heterocycles. The van der Waals surface area contributed by atoms with E-state index in [0.717, 1.165) is 44.9 Å². The number of amides is 1. The van der Waals surface area contributed by atoms with Crippen LogP contribution in [0.25, 0.3) is 0 Å². The molecule has 6 nitrogen and oxygen atoms in total. The van der Waals surface area contributed by atoms with Crippen LogP contribution in [0.3, 0.4) is 0 Å². The lowest BCUT2D eigenvalue weighted by molar-refractivity contribution is -0.143. The Kier molecular flexibility index (Phi) is 72.3. The lowest BCUT2D eigenvalue weighted by Gasteiger charge is -2.20. The molecule has 3 N–H and O–H groups in total. The van der Waals surface area contributed by atoms with Crippen molar-refractivity contribution < 1.29 is 24.5 Å². The van der Waals surface area contributed by atoms with Crippen molar-refractivity contribution >= 4 is 11.9 Å². The smallest absolute Gasteiger partial charge is 0.305 e. The average molecular weight is 1180 g/mol. The fourth-order valence-electron chi connectivity index (χ4n) is 12.3. The first kappa shape index (κ1) is 82.3. The molecular formula is C78H151NO5. The third kappa shape index (κ3) is 69.4. The molecule has 0 radical (unpaired) electrons. The van der Waals surface area contributed by atoms with Crippen molar-refractivity contribution in [1.29, 1.82) is 0 Å². The van der Waals surface area contributed by atoms with Crippen LogP contribution >= 0.6 is 0 Å². The number of aliphatic hydroxyl groups excluding tert-OH is 2. The molecule has 0 rings (SSSR count). The van der Waals surface area contributed by atoms with Crippen LogP contribution in [-0.4, -0.2) is 47.4 Å². The Labute approximate surface area is 526 Å². The standard InChI is InChI=1S/C78H151NO5/c1-3-5-7-9-11-13-15-17-43-47-50-54-58-62-66-70-76(81)75(74-80)79-77(82)71-67-63-59-55-51-48-44-41-39-37-35-33-31-29-27-25-23-21-19-18-20-22-24-26-28-30-32-34-36-38-40-42-45-49-53-57-61-65-69-73-84-78(83)72-68-64-60-56-52-46-16-14-12-10-8-6-4-2/h14,16,66,70,75-76,80-81H,3-13,15,17-65,67-69,71-74H2,1-2H3,(H,79,82)/b16-14-,70-66+. The predicted octanol–water partition coefficient (Wildman–Crippen LogP) is 25.3. The van der Waals surface area contributed by atoms with E-state index in [2.05, 4.69) is 31.3 Å². The first-order chi connectivity index (χ1) is 41.5. The molecule has 0 aliphatic heterocycles. The number of hydrogen-bond acceptors (Lipinski definition) is 5. The fraction of sp³-hybridized carbons (Fsp3) is 0.923. The van der Waals surface area contributed by atoms with Gasteiger partial charge in [-0.15, -0.1) is 0 Å². The summed E-state index contributed by atoms with van der Waals surface area (Å²) in [7, 11) is 0. The number of unbranched alkanes of at least 4 members (excludes halogenated alkanes) is 60. The van der Waals surface area contributed by atoms with E-state index < -0.39 is 12.1 Å². The molecule has 0 aromatic carbocycles. The van der Waals surface area contributed by atoms with Crippen molar-refractivity contribution in [1.82, 2.24) is 5.32 Å². The lowest BCUT2D eigenvalue weighted by Crippen LogP contribution is -2.45.